The first kappa shape index (κ1) is 18.7. The third kappa shape index (κ3) is 4.19. The van der Waals surface area contributed by atoms with Crippen LogP contribution in [0.3, 0.4) is 0 Å². The van der Waals surface area contributed by atoms with Crippen LogP contribution < -0.4 is 0 Å². The molecule has 1 saturated heterocycles. The second-order valence-corrected chi connectivity index (χ2v) is 7.53. The van der Waals surface area contributed by atoms with E-state index in [4.69, 9.17) is 16.0 Å². The summed E-state index contributed by atoms with van der Waals surface area (Å²) in [5, 5.41) is 8.58. The fourth-order valence-corrected chi connectivity index (χ4v) is 3.68. The molecule has 2 heterocycles. The highest BCUT2D eigenvalue weighted by atomic mass is 35.5. The van der Waals surface area contributed by atoms with Crippen molar-refractivity contribution >= 4 is 35.2 Å². The van der Waals surface area contributed by atoms with E-state index in [9.17, 15) is 9.59 Å². The predicted octanol–water partition coefficient (Wildman–Crippen LogP) is 2.66. The lowest BCUT2D eigenvalue weighted by molar-refractivity contribution is -0.139. The Labute approximate surface area is 160 Å². The summed E-state index contributed by atoms with van der Waals surface area (Å²) in [4.78, 5) is 27.6. The molecule has 3 rings (SSSR count). The summed E-state index contributed by atoms with van der Waals surface area (Å²) >= 11 is 7.66. The number of benzene rings is 1. The van der Waals surface area contributed by atoms with Crippen LogP contribution in [0.4, 0.5) is 0 Å². The van der Waals surface area contributed by atoms with Crippen molar-refractivity contribution in [2.24, 2.45) is 0 Å². The second-order valence-electron chi connectivity index (χ2n) is 6.17. The Balaban J connectivity index is 1.71. The highest BCUT2D eigenvalue weighted by molar-refractivity contribution is 8.00. The van der Waals surface area contributed by atoms with Crippen LogP contribution in [-0.2, 0) is 16.1 Å². The van der Waals surface area contributed by atoms with Crippen LogP contribution in [-0.4, -0.2) is 56.0 Å². The maximum absolute atomic E-state index is 12.6. The SMILES string of the molecule is CC(C)N(Cc1nnc(-c2ccccc2Cl)o1)C(=O)CN1CSCC1=O. The first-order chi connectivity index (χ1) is 12.5. The Hall–Kier alpha value is -2.06. The zero-order valence-electron chi connectivity index (χ0n) is 14.5. The minimum Gasteiger partial charge on any atom is -0.419 e. The summed E-state index contributed by atoms with van der Waals surface area (Å²) in [5.74, 6) is 1.46. The van der Waals surface area contributed by atoms with E-state index in [-0.39, 0.29) is 30.9 Å². The van der Waals surface area contributed by atoms with Crippen LogP contribution in [0, 0.1) is 0 Å². The molecule has 0 saturated carbocycles. The van der Waals surface area contributed by atoms with Crippen molar-refractivity contribution in [2.45, 2.75) is 26.4 Å². The maximum atomic E-state index is 12.6. The predicted molar refractivity (Wildman–Crippen MR) is 99.5 cm³/mol. The topological polar surface area (TPSA) is 79.5 Å². The number of rotatable bonds is 6. The average molecular weight is 395 g/mol. The van der Waals surface area contributed by atoms with Gasteiger partial charge in [0.15, 0.2) is 0 Å². The minimum absolute atomic E-state index is 0.00847. The number of halogens is 1. The number of carbonyl (C=O) groups is 2. The molecule has 0 unspecified atom stereocenters. The smallest absolute Gasteiger partial charge is 0.249 e. The molecule has 2 amide bonds. The zero-order chi connectivity index (χ0) is 18.7. The number of amides is 2. The van der Waals surface area contributed by atoms with E-state index in [1.807, 2.05) is 26.0 Å². The molecule has 0 aliphatic carbocycles. The molecule has 1 fully saturated rings. The summed E-state index contributed by atoms with van der Waals surface area (Å²) in [7, 11) is 0. The molecule has 0 atom stereocenters. The first-order valence-corrected chi connectivity index (χ1v) is 9.71. The number of nitrogens with zero attached hydrogens (tertiary/aromatic N) is 4. The molecule has 1 aromatic carbocycles. The third-order valence-electron chi connectivity index (χ3n) is 3.97. The van der Waals surface area contributed by atoms with Gasteiger partial charge in [-0.2, -0.15) is 0 Å². The quantitative estimate of drug-likeness (QED) is 0.749. The highest BCUT2D eigenvalue weighted by Gasteiger charge is 2.27. The molecule has 0 bridgehead atoms. The van der Waals surface area contributed by atoms with Crippen LogP contribution in [0.2, 0.25) is 5.02 Å². The summed E-state index contributed by atoms with van der Waals surface area (Å²) < 4.78 is 5.69. The molecule has 1 aromatic heterocycles. The lowest BCUT2D eigenvalue weighted by atomic mass is 10.2. The molecular weight excluding hydrogens is 376 g/mol. The number of hydrogen-bond acceptors (Lipinski definition) is 6. The fraction of sp³-hybridized carbons (Fsp3) is 0.412. The van der Waals surface area contributed by atoms with E-state index in [2.05, 4.69) is 10.2 Å². The van der Waals surface area contributed by atoms with E-state index in [0.717, 1.165) is 0 Å². The van der Waals surface area contributed by atoms with E-state index >= 15 is 0 Å². The summed E-state index contributed by atoms with van der Waals surface area (Å²) in [6.07, 6.45) is 0. The number of carbonyl (C=O) groups excluding carboxylic acids is 2. The molecule has 9 heteroatoms. The van der Waals surface area contributed by atoms with Gasteiger partial charge < -0.3 is 14.2 Å². The first-order valence-electron chi connectivity index (χ1n) is 8.18. The van der Waals surface area contributed by atoms with Gasteiger partial charge in [0, 0.05) is 6.04 Å². The van der Waals surface area contributed by atoms with Crippen molar-refractivity contribution in [3.8, 4) is 11.5 Å². The van der Waals surface area contributed by atoms with Gasteiger partial charge in [-0.1, -0.05) is 23.7 Å². The molecule has 26 heavy (non-hydrogen) atoms. The van der Waals surface area contributed by atoms with Gasteiger partial charge in [-0.15, -0.1) is 22.0 Å². The third-order valence-corrected chi connectivity index (χ3v) is 5.25. The largest absolute Gasteiger partial charge is 0.419 e. The van der Waals surface area contributed by atoms with Gasteiger partial charge >= 0.3 is 0 Å². The standard InChI is InChI=1S/C17H19ClN4O3S/c1-11(2)22(15(23)8-21-10-26-9-16(21)24)7-14-19-20-17(25-14)12-5-3-4-6-13(12)18/h3-6,11H,7-10H2,1-2H3. The van der Waals surface area contributed by atoms with Crippen molar-refractivity contribution in [2.75, 3.05) is 18.2 Å². The van der Waals surface area contributed by atoms with Crippen LogP contribution in [0.15, 0.2) is 28.7 Å². The zero-order valence-corrected chi connectivity index (χ0v) is 16.1. The Morgan fingerprint density at radius 1 is 1.38 bits per heavy atom. The molecule has 7 nitrogen and oxygen atoms in total. The molecule has 1 aliphatic rings. The fourth-order valence-electron chi connectivity index (χ4n) is 2.56. The molecule has 2 aromatic rings. The molecule has 0 N–H and O–H groups in total. The van der Waals surface area contributed by atoms with Crippen LogP contribution >= 0.6 is 23.4 Å². The summed E-state index contributed by atoms with van der Waals surface area (Å²) in [5.41, 5.74) is 0.648. The van der Waals surface area contributed by atoms with E-state index in [0.29, 0.717) is 34.0 Å². The Bertz CT molecular complexity index is 811. The molecule has 0 radical (unpaired) electrons. The maximum Gasteiger partial charge on any atom is 0.249 e. The van der Waals surface area contributed by atoms with E-state index < -0.39 is 0 Å². The van der Waals surface area contributed by atoms with Gasteiger partial charge in [0.1, 0.15) is 6.54 Å². The molecular formula is C17H19ClN4O3S. The molecule has 0 spiro atoms. The molecule has 1 aliphatic heterocycles. The van der Waals surface area contributed by atoms with Gasteiger partial charge in [0.25, 0.3) is 0 Å². The van der Waals surface area contributed by atoms with Crippen molar-refractivity contribution in [1.29, 1.82) is 0 Å². The van der Waals surface area contributed by atoms with Crippen molar-refractivity contribution in [3.05, 3.63) is 35.2 Å². The second kappa shape index (κ2) is 8.09. The number of aromatic nitrogens is 2. The Morgan fingerprint density at radius 2 is 2.15 bits per heavy atom. The van der Waals surface area contributed by atoms with Crippen LogP contribution in [0.5, 0.6) is 0 Å². The van der Waals surface area contributed by atoms with Crippen LogP contribution in [0.25, 0.3) is 11.5 Å². The highest BCUT2D eigenvalue weighted by Crippen LogP contribution is 2.26. The Morgan fingerprint density at radius 3 is 2.81 bits per heavy atom. The number of hydrogen-bond donors (Lipinski definition) is 0. The van der Waals surface area contributed by atoms with Crippen molar-refractivity contribution < 1.29 is 14.0 Å². The van der Waals surface area contributed by atoms with Crippen molar-refractivity contribution in [1.82, 2.24) is 20.0 Å². The lowest BCUT2D eigenvalue weighted by Gasteiger charge is -2.27. The lowest BCUT2D eigenvalue weighted by Crippen LogP contribution is -2.43. The summed E-state index contributed by atoms with van der Waals surface area (Å²) in [6.45, 7) is 4.06. The van der Waals surface area contributed by atoms with Gasteiger partial charge in [-0.25, -0.2) is 0 Å². The van der Waals surface area contributed by atoms with Crippen molar-refractivity contribution in [3.63, 3.8) is 0 Å². The summed E-state index contributed by atoms with van der Waals surface area (Å²) in [6, 6.07) is 7.13. The number of thioether (sulfide) groups is 1. The van der Waals surface area contributed by atoms with E-state index in [1.54, 1.807) is 21.9 Å². The van der Waals surface area contributed by atoms with Gasteiger partial charge in [-0.3, -0.25) is 9.59 Å². The monoisotopic (exact) mass is 394 g/mol. The molecule has 138 valence electrons. The van der Waals surface area contributed by atoms with Gasteiger partial charge in [-0.05, 0) is 26.0 Å². The Kier molecular flexibility index (Phi) is 5.83. The van der Waals surface area contributed by atoms with E-state index in [1.165, 1.54) is 11.8 Å². The normalized spacial score (nSPS) is 14.3. The van der Waals surface area contributed by atoms with Gasteiger partial charge in [0.05, 0.1) is 28.8 Å². The average Bonchev–Trinajstić information content (AvgIpc) is 3.22. The minimum atomic E-state index is -0.145. The van der Waals surface area contributed by atoms with Gasteiger partial charge in [0.2, 0.25) is 23.6 Å². The van der Waals surface area contributed by atoms with Crippen LogP contribution in [0.1, 0.15) is 19.7 Å².